The third-order valence-electron chi connectivity index (χ3n) is 2.86. The van der Waals surface area contributed by atoms with Gasteiger partial charge >= 0.3 is 6.18 Å². The molecule has 0 bridgehead atoms. The molecule has 2 rings (SSSR count). The van der Waals surface area contributed by atoms with E-state index >= 15 is 0 Å². The van der Waals surface area contributed by atoms with E-state index in [1.807, 2.05) is 0 Å². The van der Waals surface area contributed by atoms with Gasteiger partial charge in [0.25, 0.3) is 5.91 Å². The predicted octanol–water partition coefficient (Wildman–Crippen LogP) is 3.96. The van der Waals surface area contributed by atoms with Crippen molar-refractivity contribution in [2.45, 2.75) is 13.1 Å². The summed E-state index contributed by atoms with van der Waals surface area (Å²) in [5, 5.41) is 0. The highest BCUT2D eigenvalue weighted by atomic mass is 32.2. The number of methoxy groups -OCH3 is 1. The van der Waals surface area contributed by atoms with Crippen LogP contribution >= 0.6 is 24.0 Å². The summed E-state index contributed by atoms with van der Waals surface area (Å²) in [4.78, 5) is 13.6. The number of hydrogen-bond acceptors (Lipinski definition) is 5. The summed E-state index contributed by atoms with van der Waals surface area (Å²) in [6.45, 7) is 2.11. The number of amides is 1. The Hall–Kier alpha value is -1.74. The van der Waals surface area contributed by atoms with Crippen molar-refractivity contribution in [3.8, 4) is 5.75 Å². The van der Waals surface area contributed by atoms with Crippen LogP contribution in [-0.2, 0) is 15.7 Å². The van der Waals surface area contributed by atoms with Gasteiger partial charge in [0, 0.05) is 6.07 Å². The van der Waals surface area contributed by atoms with Gasteiger partial charge in [-0.05, 0) is 19.1 Å². The summed E-state index contributed by atoms with van der Waals surface area (Å²) < 4.78 is 49.0. The SMILES string of the molecule is CCOC=C1SC(=S)N(c2cc(OC)cc(C(F)(F)F)c2)C1=O. The van der Waals surface area contributed by atoms with E-state index in [9.17, 15) is 18.0 Å². The fourth-order valence-corrected chi connectivity index (χ4v) is 3.05. The van der Waals surface area contributed by atoms with Gasteiger partial charge in [0.05, 0.1) is 25.0 Å². The maximum Gasteiger partial charge on any atom is 0.416 e. The van der Waals surface area contributed by atoms with Gasteiger partial charge in [0.1, 0.15) is 16.9 Å². The Balaban J connectivity index is 2.45. The highest BCUT2D eigenvalue weighted by Gasteiger charge is 2.37. The number of carbonyl (C=O) groups is 1. The number of anilines is 1. The molecule has 1 aromatic carbocycles. The zero-order chi connectivity index (χ0) is 17.2. The first-order chi connectivity index (χ1) is 10.8. The van der Waals surface area contributed by atoms with Crippen molar-refractivity contribution in [2.24, 2.45) is 0 Å². The minimum absolute atomic E-state index is 0.000858. The summed E-state index contributed by atoms with van der Waals surface area (Å²) in [6, 6.07) is 3.04. The molecule has 1 aromatic rings. The molecule has 23 heavy (non-hydrogen) atoms. The van der Waals surface area contributed by atoms with Crippen LogP contribution in [0.1, 0.15) is 12.5 Å². The Morgan fingerprint density at radius 2 is 2.04 bits per heavy atom. The lowest BCUT2D eigenvalue weighted by atomic mass is 10.1. The van der Waals surface area contributed by atoms with E-state index < -0.39 is 17.6 Å². The molecule has 1 amide bonds. The molecule has 0 aliphatic carbocycles. The minimum Gasteiger partial charge on any atom is -0.500 e. The molecule has 1 fully saturated rings. The highest BCUT2D eigenvalue weighted by molar-refractivity contribution is 8.27. The monoisotopic (exact) mass is 363 g/mol. The number of nitrogens with zero attached hydrogens (tertiary/aromatic N) is 1. The number of thioether (sulfide) groups is 1. The Morgan fingerprint density at radius 1 is 1.35 bits per heavy atom. The molecular weight excluding hydrogens is 351 g/mol. The van der Waals surface area contributed by atoms with E-state index in [2.05, 4.69) is 0 Å². The van der Waals surface area contributed by atoms with Gasteiger partial charge in [-0.2, -0.15) is 13.2 Å². The van der Waals surface area contributed by atoms with Crippen molar-refractivity contribution >= 4 is 39.9 Å². The Kier molecular flexibility index (Phi) is 5.20. The number of thiocarbonyl (C=S) groups is 1. The lowest BCUT2D eigenvalue weighted by Gasteiger charge is -2.18. The first-order valence-corrected chi connectivity index (χ1v) is 7.64. The number of alkyl halides is 3. The van der Waals surface area contributed by atoms with Crippen molar-refractivity contribution in [3.05, 3.63) is 34.9 Å². The van der Waals surface area contributed by atoms with Crippen molar-refractivity contribution < 1.29 is 27.4 Å². The topological polar surface area (TPSA) is 38.8 Å². The molecular formula is C14H12F3NO3S2. The number of benzene rings is 1. The van der Waals surface area contributed by atoms with Gasteiger partial charge < -0.3 is 9.47 Å². The van der Waals surface area contributed by atoms with E-state index in [0.29, 0.717) is 6.61 Å². The van der Waals surface area contributed by atoms with Crippen molar-refractivity contribution in [1.82, 2.24) is 0 Å². The molecule has 0 radical (unpaired) electrons. The van der Waals surface area contributed by atoms with Gasteiger partial charge in [0.2, 0.25) is 0 Å². The third-order valence-corrected chi connectivity index (χ3v) is 4.14. The highest BCUT2D eigenvalue weighted by Crippen LogP contribution is 2.39. The Morgan fingerprint density at radius 3 is 2.61 bits per heavy atom. The number of carbonyl (C=O) groups excluding carboxylic acids is 1. The van der Waals surface area contributed by atoms with Crippen LogP contribution in [0, 0.1) is 0 Å². The second kappa shape index (κ2) is 6.79. The molecule has 4 nitrogen and oxygen atoms in total. The van der Waals surface area contributed by atoms with E-state index in [-0.39, 0.29) is 20.7 Å². The second-order valence-electron chi connectivity index (χ2n) is 4.36. The molecule has 0 aromatic heterocycles. The number of ether oxygens (including phenoxy) is 2. The second-order valence-corrected chi connectivity index (χ2v) is 6.04. The molecule has 1 heterocycles. The van der Waals surface area contributed by atoms with Crippen LogP contribution in [0.4, 0.5) is 18.9 Å². The largest absolute Gasteiger partial charge is 0.500 e. The lowest BCUT2D eigenvalue weighted by molar-refractivity contribution is -0.137. The fourth-order valence-electron chi connectivity index (χ4n) is 1.83. The third kappa shape index (κ3) is 3.78. The molecule has 0 unspecified atom stereocenters. The normalized spacial score (nSPS) is 17.1. The number of rotatable bonds is 4. The van der Waals surface area contributed by atoms with Gasteiger partial charge in [-0.15, -0.1) is 0 Å². The lowest BCUT2D eigenvalue weighted by Crippen LogP contribution is -2.28. The maximum atomic E-state index is 13.0. The van der Waals surface area contributed by atoms with Crippen LogP contribution in [0.2, 0.25) is 0 Å². The van der Waals surface area contributed by atoms with E-state index in [1.54, 1.807) is 6.92 Å². The van der Waals surface area contributed by atoms with Crippen LogP contribution in [0.5, 0.6) is 5.75 Å². The average Bonchev–Trinajstić information content (AvgIpc) is 2.78. The molecule has 1 aliphatic rings. The molecule has 1 saturated heterocycles. The standard InChI is InChI=1S/C14H12F3NO3S2/c1-3-21-7-11-12(19)18(13(22)23-11)9-4-8(14(15,16)17)5-10(6-9)20-2/h4-7H,3H2,1-2H3. The molecule has 1 aliphatic heterocycles. The minimum atomic E-state index is -4.56. The zero-order valence-electron chi connectivity index (χ0n) is 12.1. The zero-order valence-corrected chi connectivity index (χ0v) is 13.8. The van der Waals surface area contributed by atoms with E-state index in [0.717, 1.165) is 28.8 Å². The molecule has 0 saturated carbocycles. The van der Waals surface area contributed by atoms with E-state index in [1.165, 1.54) is 19.4 Å². The first-order valence-electron chi connectivity index (χ1n) is 6.42. The smallest absolute Gasteiger partial charge is 0.416 e. The molecule has 0 spiro atoms. The molecule has 9 heteroatoms. The Bertz CT molecular complexity index is 674. The molecule has 0 N–H and O–H groups in total. The first kappa shape index (κ1) is 17.6. The quantitative estimate of drug-likeness (QED) is 0.460. The predicted molar refractivity (Wildman–Crippen MR) is 85.4 cm³/mol. The number of halogens is 3. The van der Waals surface area contributed by atoms with Crippen LogP contribution in [0.25, 0.3) is 0 Å². The van der Waals surface area contributed by atoms with Crippen molar-refractivity contribution in [3.63, 3.8) is 0 Å². The van der Waals surface area contributed by atoms with Gasteiger partial charge in [-0.3, -0.25) is 9.69 Å². The summed E-state index contributed by atoms with van der Waals surface area (Å²) in [6.07, 6.45) is -3.31. The molecule has 0 atom stereocenters. The van der Waals surface area contributed by atoms with Crippen molar-refractivity contribution in [1.29, 1.82) is 0 Å². The summed E-state index contributed by atoms with van der Waals surface area (Å²) in [7, 11) is 1.25. The van der Waals surface area contributed by atoms with Crippen LogP contribution in [0.3, 0.4) is 0 Å². The summed E-state index contributed by atoms with van der Waals surface area (Å²) in [5.41, 5.74) is -0.922. The van der Waals surface area contributed by atoms with Gasteiger partial charge in [-0.1, -0.05) is 24.0 Å². The average molecular weight is 363 g/mol. The van der Waals surface area contributed by atoms with Gasteiger partial charge in [0.15, 0.2) is 4.32 Å². The summed E-state index contributed by atoms with van der Waals surface area (Å²) in [5.74, 6) is -0.549. The number of hydrogen-bond donors (Lipinski definition) is 0. The van der Waals surface area contributed by atoms with Crippen LogP contribution in [-0.4, -0.2) is 23.9 Å². The fraction of sp³-hybridized carbons (Fsp3) is 0.286. The Labute approximate surface area is 140 Å². The van der Waals surface area contributed by atoms with Gasteiger partial charge in [-0.25, -0.2) is 0 Å². The van der Waals surface area contributed by atoms with Crippen LogP contribution < -0.4 is 9.64 Å². The summed E-state index contributed by atoms with van der Waals surface area (Å²) >= 11 is 6.06. The van der Waals surface area contributed by atoms with E-state index in [4.69, 9.17) is 21.7 Å². The maximum absolute atomic E-state index is 13.0. The van der Waals surface area contributed by atoms with Crippen LogP contribution in [0.15, 0.2) is 29.4 Å². The van der Waals surface area contributed by atoms with Crippen molar-refractivity contribution in [2.75, 3.05) is 18.6 Å². The molecule has 124 valence electrons.